The molecule has 5 nitrogen and oxygen atoms in total. The fourth-order valence-electron chi connectivity index (χ4n) is 4.83. The van der Waals surface area contributed by atoms with E-state index in [1.165, 1.54) is 0 Å². The standard InChI is InChI=1S/C18H15BrN2O3/c19-9-3-1-8(2-4-9)16(22)20-21-17(23)14-10-5-6-11(13-7-12(10)13)15(14)18(21)24/h1-6,10-15H,7H2,(H,20,22)/t10-,11+,12-,13-,14+,15-/m1/s1. The largest absolute Gasteiger partial charge is 0.272 e. The number of hydrogen-bond acceptors (Lipinski definition) is 3. The predicted molar refractivity (Wildman–Crippen MR) is 88.2 cm³/mol. The van der Waals surface area contributed by atoms with E-state index in [9.17, 15) is 14.4 Å². The molecule has 2 saturated carbocycles. The minimum Gasteiger partial charge on any atom is -0.272 e. The summed E-state index contributed by atoms with van der Waals surface area (Å²) in [6.07, 6.45) is 5.36. The molecule has 4 aliphatic carbocycles. The molecule has 2 bridgehead atoms. The Morgan fingerprint density at radius 2 is 1.54 bits per heavy atom. The van der Waals surface area contributed by atoms with Gasteiger partial charge >= 0.3 is 0 Å². The lowest BCUT2D eigenvalue weighted by Gasteiger charge is -2.37. The second-order valence-electron chi connectivity index (χ2n) is 7.11. The van der Waals surface area contributed by atoms with Gasteiger partial charge in [-0.1, -0.05) is 28.1 Å². The Balaban J connectivity index is 1.40. The third-order valence-corrected chi connectivity index (χ3v) is 6.51. The first kappa shape index (κ1) is 14.4. The van der Waals surface area contributed by atoms with Crippen molar-refractivity contribution in [3.8, 4) is 0 Å². The molecule has 0 unspecified atom stereocenters. The van der Waals surface area contributed by atoms with Crippen molar-refractivity contribution in [3.05, 3.63) is 46.5 Å². The highest BCUT2D eigenvalue weighted by Gasteiger charge is 2.67. The Bertz CT molecular complexity index is 767. The third kappa shape index (κ3) is 1.83. The van der Waals surface area contributed by atoms with Crippen LogP contribution >= 0.6 is 15.9 Å². The Hall–Kier alpha value is -1.95. The molecule has 0 spiro atoms. The SMILES string of the molecule is O=C(NN1C(=O)[C@@H]2[C@H]3C=C[C@H]([C@H]4C[C@H]34)[C@@H]2C1=O)c1ccc(Br)cc1. The van der Waals surface area contributed by atoms with Crippen molar-refractivity contribution >= 4 is 33.7 Å². The van der Waals surface area contributed by atoms with Crippen LogP contribution < -0.4 is 5.43 Å². The highest BCUT2D eigenvalue weighted by Crippen LogP contribution is 2.65. The van der Waals surface area contributed by atoms with Crippen LogP contribution in [0, 0.1) is 35.5 Å². The van der Waals surface area contributed by atoms with Crippen LogP contribution in [-0.2, 0) is 9.59 Å². The number of carbonyl (C=O) groups excluding carboxylic acids is 3. The molecule has 3 amide bonds. The van der Waals surface area contributed by atoms with Gasteiger partial charge in [-0.2, -0.15) is 5.01 Å². The normalized spacial score (nSPS) is 38.1. The van der Waals surface area contributed by atoms with Crippen molar-refractivity contribution in [3.63, 3.8) is 0 Å². The molecule has 6 atom stereocenters. The van der Waals surface area contributed by atoms with Crippen LogP contribution in [0.25, 0.3) is 0 Å². The predicted octanol–water partition coefficient (Wildman–Crippen LogP) is 2.15. The lowest BCUT2D eigenvalue weighted by Crippen LogP contribution is -2.46. The second-order valence-corrected chi connectivity index (χ2v) is 8.03. The molecule has 1 N–H and O–H groups in total. The topological polar surface area (TPSA) is 66.5 Å². The van der Waals surface area contributed by atoms with Crippen molar-refractivity contribution in [1.82, 2.24) is 10.4 Å². The van der Waals surface area contributed by atoms with E-state index in [1.807, 2.05) is 0 Å². The van der Waals surface area contributed by atoms with Gasteiger partial charge in [0.2, 0.25) is 0 Å². The summed E-state index contributed by atoms with van der Waals surface area (Å²) < 4.78 is 0.861. The van der Waals surface area contributed by atoms with Crippen molar-refractivity contribution in [2.24, 2.45) is 35.5 Å². The molecule has 0 aromatic heterocycles. The number of nitrogens with zero attached hydrogens (tertiary/aromatic N) is 1. The molecule has 3 fully saturated rings. The molecule has 1 aliphatic heterocycles. The summed E-state index contributed by atoms with van der Waals surface area (Å²) in [6.45, 7) is 0. The fraction of sp³-hybridized carbons (Fsp3) is 0.389. The van der Waals surface area contributed by atoms with Gasteiger partial charge in [0.15, 0.2) is 0 Å². The van der Waals surface area contributed by atoms with Crippen LogP contribution in [0.3, 0.4) is 0 Å². The molecular formula is C18H15BrN2O3. The smallest absolute Gasteiger partial charge is 0.270 e. The van der Waals surface area contributed by atoms with E-state index < -0.39 is 5.91 Å². The van der Waals surface area contributed by atoms with Crippen LogP contribution in [0.4, 0.5) is 0 Å². The number of hydrazine groups is 1. The number of benzene rings is 1. The van der Waals surface area contributed by atoms with E-state index in [4.69, 9.17) is 0 Å². The maximum absolute atomic E-state index is 12.8. The van der Waals surface area contributed by atoms with Crippen molar-refractivity contribution < 1.29 is 14.4 Å². The first-order valence-electron chi connectivity index (χ1n) is 8.19. The zero-order valence-corrected chi connectivity index (χ0v) is 14.3. The summed E-state index contributed by atoms with van der Waals surface area (Å²) in [6, 6.07) is 6.80. The number of carbonyl (C=O) groups is 3. The fourth-order valence-corrected chi connectivity index (χ4v) is 5.10. The second kappa shape index (κ2) is 4.79. The summed E-state index contributed by atoms with van der Waals surface area (Å²) in [4.78, 5) is 37.9. The quantitative estimate of drug-likeness (QED) is 0.625. The van der Waals surface area contributed by atoms with Gasteiger partial charge in [-0.15, -0.1) is 0 Å². The highest BCUT2D eigenvalue weighted by molar-refractivity contribution is 9.10. The summed E-state index contributed by atoms with van der Waals surface area (Å²) in [5.74, 6) is -0.0797. The first-order chi connectivity index (χ1) is 11.6. The maximum atomic E-state index is 12.8. The van der Waals surface area contributed by atoms with Gasteiger partial charge in [0, 0.05) is 10.0 Å². The highest BCUT2D eigenvalue weighted by atomic mass is 79.9. The van der Waals surface area contributed by atoms with E-state index >= 15 is 0 Å². The van der Waals surface area contributed by atoms with Crippen molar-refractivity contribution in [2.45, 2.75) is 6.42 Å². The molecule has 6 heteroatoms. The van der Waals surface area contributed by atoms with Gasteiger partial charge in [-0.3, -0.25) is 19.8 Å². The summed E-state index contributed by atoms with van der Waals surface area (Å²) >= 11 is 3.32. The molecule has 1 aromatic carbocycles. The number of nitrogens with one attached hydrogen (secondary N) is 1. The average molecular weight is 387 g/mol. The van der Waals surface area contributed by atoms with Gasteiger partial charge in [0.05, 0.1) is 11.8 Å². The van der Waals surface area contributed by atoms with Crippen LogP contribution in [0.15, 0.2) is 40.9 Å². The van der Waals surface area contributed by atoms with Crippen LogP contribution in [0.2, 0.25) is 0 Å². The lowest BCUT2D eigenvalue weighted by atomic mass is 9.63. The van der Waals surface area contributed by atoms with E-state index in [-0.39, 0.29) is 35.5 Å². The number of hydrogen-bond donors (Lipinski definition) is 1. The van der Waals surface area contributed by atoms with E-state index in [0.717, 1.165) is 15.9 Å². The molecule has 1 aromatic rings. The Morgan fingerprint density at radius 1 is 1.00 bits per heavy atom. The number of halogens is 1. The van der Waals surface area contributed by atoms with Gasteiger partial charge in [-0.05, 0) is 54.4 Å². The summed E-state index contributed by atoms with van der Waals surface area (Å²) in [7, 11) is 0. The number of rotatable bonds is 2. The zero-order valence-electron chi connectivity index (χ0n) is 12.7. The molecule has 6 rings (SSSR count). The van der Waals surface area contributed by atoms with Gasteiger partial charge in [0.1, 0.15) is 0 Å². The van der Waals surface area contributed by atoms with E-state index in [0.29, 0.717) is 17.4 Å². The molecular weight excluding hydrogens is 372 g/mol. The van der Waals surface area contributed by atoms with Crippen LogP contribution in [-0.4, -0.2) is 22.7 Å². The minimum atomic E-state index is -0.437. The number of amides is 3. The zero-order chi connectivity index (χ0) is 16.6. The van der Waals surface area contributed by atoms with Crippen molar-refractivity contribution in [2.75, 3.05) is 0 Å². The first-order valence-corrected chi connectivity index (χ1v) is 8.98. The number of imide groups is 1. The van der Waals surface area contributed by atoms with E-state index in [2.05, 4.69) is 33.5 Å². The molecule has 1 saturated heterocycles. The van der Waals surface area contributed by atoms with Gasteiger partial charge < -0.3 is 0 Å². The molecule has 122 valence electrons. The number of allylic oxidation sites excluding steroid dienone is 2. The Kier molecular flexibility index (Phi) is 2.87. The summed E-state index contributed by atoms with van der Waals surface area (Å²) in [5, 5.41) is 0.970. The van der Waals surface area contributed by atoms with Gasteiger partial charge in [-0.25, -0.2) is 0 Å². The van der Waals surface area contributed by atoms with Crippen molar-refractivity contribution in [1.29, 1.82) is 0 Å². The molecule has 24 heavy (non-hydrogen) atoms. The van der Waals surface area contributed by atoms with Crippen LogP contribution in [0.1, 0.15) is 16.8 Å². The monoisotopic (exact) mass is 386 g/mol. The van der Waals surface area contributed by atoms with E-state index in [1.54, 1.807) is 24.3 Å². The molecule has 0 radical (unpaired) electrons. The Labute approximate surface area is 147 Å². The van der Waals surface area contributed by atoms with Gasteiger partial charge in [0.25, 0.3) is 17.7 Å². The maximum Gasteiger partial charge on any atom is 0.270 e. The van der Waals surface area contributed by atoms with Crippen LogP contribution in [0.5, 0.6) is 0 Å². The average Bonchev–Trinajstić information content (AvgIpc) is 3.36. The molecule has 1 heterocycles. The lowest BCUT2D eigenvalue weighted by molar-refractivity contribution is -0.143. The third-order valence-electron chi connectivity index (χ3n) is 5.98. The summed E-state index contributed by atoms with van der Waals surface area (Å²) in [5.41, 5.74) is 2.94. The minimum absolute atomic E-state index is 0.163. The Morgan fingerprint density at radius 3 is 2.08 bits per heavy atom. The molecule has 5 aliphatic rings.